The number of nitrogens with zero attached hydrogens (tertiary/aromatic N) is 1. The Morgan fingerprint density at radius 1 is 1.42 bits per heavy atom. The van der Waals surface area contributed by atoms with Crippen LogP contribution in [0.15, 0.2) is 24.3 Å². The molecule has 2 rings (SSSR count). The Morgan fingerprint density at radius 2 is 2.16 bits per heavy atom. The first kappa shape index (κ1) is 14.8. The molecule has 2 unspecified atom stereocenters. The fourth-order valence-electron chi connectivity index (χ4n) is 2.72. The molecule has 1 aliphatic heterocycles. The highest BCUT2D eigenvalue weighted by Gasteiger charge is 2.21. The number of halogens is 1. The van der Waals surface area contributed by atoms with Crippen molar-refractivity contribution in [2.75, 3.05) is 26.2 Å². The molecule has 0 aliphatic carbocycles. The first-order valence-corrected chi connectivity index (χ1v) is 7.42. The van der Waals surface area contributed by atoms with Gasteiger partial charge in [0.1, 0.15) is 0 Å². The maximum absolute atomic E-state index is 9.27. The molecule has 4 heteroatoms. The number of nitrogens with one attached hydrogen (secondary N) is 1. The highest BCUT2D eigenvalue weighted by molar-refractivity contribution is 6.30. The molecule has 19 heavy (non-hydrogen) atoms. The van der Waals surface area contributed by atoms with Crippen LogP contribution in [-0.4, -0.2) is 42.3 Å². The second kappa shape index (κ2) is 7.25. The first-order chi connectivity index (χ1) is 9.20. The average molecular weight is 283 g/mol. The van der Waals surface area contributed by atoms with Gasteiger partial charge in [-0.05, 0) is 44.0 Å². The number of benzene rings is 1. The number of aliphatic hydroxyl groups excluding tert-OH is 1. The van der Waals surface area contributed by atoms with Crippen molar-refractivity contribution in [2.45, 2.75) is 31.8 Å². The van der Waals surface area contributed by atoms with Crippen molar-refractivity contribution in [3.63, 3.8) is 0 Å². The fourth-order valence-corrected chi connectivity index (χ4v) is 2.85. The van der Waals surface area contributed by atoms with E-state index in [1.165, 1.54) is 18.4 Å². The molecule has 1 aromatic carbocycles. The average Bonchev–Trinajstić information content (AvgIpc) is 2.91. The molecular formula is C15H23ClN2O. The van der Waals surface area contributed by atoms with E-state index in [1.807, 2.05) is 12.1 Å². The van der Waals surface area contributed by atoms with Crippen LogP contribution in [-0.2, 0) is 0 Å². The van der Waals surface area contributed by atoms with Gasteiger partial charge in [0.25, 0.3) is 0 Å². The molecule has 2 atom stereocenters. The van der Waals surface area contributed by atoms with Crippen LogP contribution in [0.3, 0.4) is 0 Å². The molecule has 0 amide bonds. The Labute approximate surface area is 120 Å². The molecule has 0 radical (unpaired) electrons. The van der Waals surface area contributed by atoms with E-state index in [2.05, 4.69) is 29.3 Å². The Balaban J connectivity index is 2.01. The third kappa shape index (κ3) is 4.18. The van der Waals surface area contributed by atoms with Gasteiger partial charge in [0.05, 0.1) is 6.61 Å². The molecule has 1 heterocycles. The van der Waals surface area contributed by atoms with Crippen LogP contribution < -0.4 is 5.32 Å². The molecule has 1 fully saturated rings. The lowest BCUT2D eigenvalue weighted by molar-refractivity contribution is 0.147. The Morgan fingerprint density at radius 3 is 2.74 bits per heavy atom. The van der Waals surface area contributed by atoms with Gasteiger partial charge in [-0.1, -0.05) is 23.7 Å². The van der Waals surface area contributed by atoms with Crippen molar-refractivity contribution in [1.29, 1.82) is 0 Å². The van der Waals surface area contributed by atoms with E-state index < -0.39 is 0 Å². The van der Waals surface area contributed by atoms with Gasteiger partial charge in [0.2, 0.25) is 0 Å². The summed E-state index contributed by atoms with van der Waals surface area (Å²) in [7, 11) is 0. The second-order valence-corrected chi connectivity index (χ2v) is 5.68. The summed E-state index contributed by atoms with van der Waals surface area (Å²) in [6.45, 7) is 5.21. The molecule has 106 valence electrons. The molecular weight excluding hydrogens is 260 g/mol. The molecule has 3 nitrogen and oxygen atoms in total. The van der Waals surface area contributed by atoms with Gasteiger partial charge in [-0.2, -0.15) is 0 Å². The molecule has 0 aromatic heterocycles. The number of hydrogen-bond acceptors (Lipinski definition) is 3. The van der Waals surface area contributed by atoms with Crippen LogP contribution in [0, 0.1) is 0 Å². The van der Waals surface area contributed by atoms with Gasteiger partial charge < -0.3 is 10.4 Å². The summed E-state index contributed by atoms with van der Waals surface area (Å²) in [6, 6.07) is 8.85. The second-order valence-electron chi connectivity index (χ2n) is 5.24. The molecule has 1 aromatic rings. The lowest BCUT2D eigenvalue weighted by atomic mass is 10.1. The van der Waals surface area contributed by atoms with Gasteiger partial charge in [0.15, 0.2) is 0 Å². The zero-order valence-corrected chi connectivity index (χ0v) is 12.2. The summed E-state index contributed by atoms with van der Waals surface area (Å²) in [5.41, 5.74) is 1.25. The highest BCUT2D eigenvalue weighted by atomic mass is 35.5. The summed E-state index contributed by atoms with van der Waals surface area (Å²) < 4.78 is 0. The summed E-state index contributed by atoms with van der Waals surface area (Å²) in [5.74, 6) is 0. The fraction of sp³-hybridized carbons (Fsp3) is 0.600. The molecule has 1 saturated heterocycles. The zero-order valence-electron chi connectivity index (χ0n) is 11.5. The van der Waals surface area contributed by atoms with E-state index >= 15 is 0 Å². The molecule has 1 aliphatic rings. The summed E-state index contributed by atoms with van der Waals surface area (Å²) in [5, 5.41) is 13.5. The van der Waals surface area contributed by atoms with E-state index in [0.29, 0.717) is 18.6 Å². The minimum Gasteiger partial charge on any atom is -0.395 e. The Kier molecular flexibility index (Phi) is 5.64. The number of hydrogen-bond donors (Lipinski definition) is 2. The van der Waals surface area contributed by atoms with E-state index in [-0.39, 0.29) is 6.61 Å². The standard InChI is InChI=1S/C15H23ClN2O/c1-12(13-4-6-14(16)7-5-13)18(9-10-19)11-15-3-2-8-17-15/h4-7,12,15,17,19H,2-3,8-11H2,1H3. The predicted octanol–water partition coefficient (Wildman–Crippen LogP) is 2.45. The minimum absolute atomic E-state index is 0.199. The van der Waals surface area contributed by atoms with Crippen LogP contribution in [0.2, 0.25) is 5.02 Å². The van der Waals surface area contributed by atoms with Gasteiger partial charge in [-0.15, -0.1) is 0 Å². The van der Waals surface area contributed by atoms with Crippen LogP contribution in [0.1, 0.15) is 31.4 Å². The van der Waals surface area contributed by atoms with Crippen molar-refractivity contribution in [3.05, 3.63) is 34.9 Å². The first-order valence-electron chi connectivity index (χ1n) is 7.04. The van der Waals surface area contributed by atoms with Gasteiger partial charge in [-0.25, -0.2) is 0 Å². The molecule has 0 saturated carbocycles. The predicted molar refractivity (Wildman–Crippen MR) is 79.6 cm³/mol. The van der Waals surface area contributed by atoms with Crippen molar-refractivity contribution in [3.8, 4) is 0 Å². The SMILES string of the molecule is CC(c1ccc(Cl)cc1)N(CCO)CC1CCCN1. The topological polar surface area (TPSA) is 35.5 Å². The number of aliphatic hydroxyl groups is 1. The van der Waals surface area contributed by atoms with E-state index in [9.17, 15) is 5.11 Å². The minimum atomic E-state index is 0.199. The largest absolute Gasteiger partial charge is 0.395 e. The van der Waals surface area contributed by atoms with Gasteiger partial charge >= 0.3 is 0 Å². The van der Waals surface area contributed by atoms with Crippen molar-refractivity contribution >= 4 is 11.6 Å². The summed E-state index contributed by atoms with van der Waals surface area (Å²) in [4.78, 5) is 2.34. The maximum Gasteiger partial charge on any atom is 0.0558 e. The van der Waals surface area contributed by atoms with Crippen LogP contribution in [0.4, 0.5) is 0 Å². The number of rotatable bonds is 6. The lowest BCUT2D eigenvalue weighted by Gasteiger charge is -2.31. The van der Waals surface area contributed by atoms with Gasteiger partial charge in [0, 0.05) is 30.2 Å². The van der Waals surface area contributed by atoms with E-state index in [4.69, 9.17) is 11.6 Å². The van der Waals surface area contributed by atoms with Crippen LogP contribution >= 0.6 is 11.6 Å². The molecule has 0 bridgehead atoms. The maximum atomic E-state index is 9.27. The molecule has 0 spiro atoms. The third-order valence-electron chi connectivity index (χ3n) is 3.90. The van der Waals surface area contributed by atoms with Crippen molar-refractivity contribution < 1.29 is 5.11 Å². The normalized spacial score (nSPS) is 20.9. The third-order valence-corrected chi connectivity index (χ3v) is 4.16. The van der Waals surface area contributed by atoms with Crippen molar-refractivity contribution in [2.24, 2.45) is 0 Å². The monoisotopic (exact) mass is 282 g/mol. The lowest BCUT2D eigenvalue weighted by Crippen LogP contribution is -2.40. The smallest absolute Gasteiger partial charge is 0.0558 e. The van der Waals surface area contributed by atoms with Gasteiger partial charge in [-0.3, -0.25) is 4.90 Å². The highest BCUT2D eigenvalue weighted by Crippen LogP contribution is 2.23. The van der Waals surface area contributed by atoms with Crippen LogP contribution in [0.25, 0.3) is 0 Å². The van der Waals surface area contributed by atoms with E-state index in [0.717, 1.165) is 18.1 Å². The summed E-state index contributed by atoms with van der Waals surface area (Å²) in [6.07, 6.45) is 2.49. The van der Waals surface area contributed by atoms with Crippen LogP contribution in [0.5, 0.6) is 0 Å². The zero-order chi connectivity index (χ0) is 13.7. The summed E-state index contributed by atoms with van der Waals surface area (Å²) >= 11 is 5.93. The quantitative estimate of drug-likeness (QED) is 0.841. The van der Waals surface area contributed by atoms with Crippen molar-refractivity contribution in [1.82, 2.24) is 10.2 Å². The Hall–Kier alpha value is -0.610. The van der Waals surface area contributed by atoms with E-state index in [1.54, 1.807) is 0 Å². The molecule has 2 N–H and O–H groups in total. The Bertz CT molecular complexity index is 376.